The Balaban J connectivity index is 1.34. The van der Waals surface area contributed by atoms with Gasteiger partial charge in [-0.2, -0.15) is 0 Å². The van der Waals surface area contributed by atoms with Crippen LogP contribution in [0.4, 0.5) is 0 Å². The van der Waals surface area contributed by atoms with Gasteiger partial charge in [0, 0.05) is 0 Å². The van der Waals surface area contributed by atoms with Gasteiger partial charge in [0.1, 0.15) is 5.75 Å². The minimum absolute atomic E-state index is 0.319. The van der Waals surface area contributed by atoms with E-state index in [0.717, 1.165) is 42.6 Å². The number of imidazole rings is 1. The second kappa shape index (κ2) is 7.25. The number of pyridine rings is 1. The molecule has 2 aliphatic rings. The van der Waals surface area contributed by atoms with Gasteiger partial charge in [0.25, 0.3) is 0 Å². The average Bonchev–Trinajstić information content (AvgIpc) is 3.49. The van der Waals surface area contributed by atoms with Crippen molar-refractivity contribution in [3.05, 3.63) is 65.7 Å². The van der Waals surface area contributed by atoms with Gasteiger partial charge in [-0.05, 0) is 85.6 Å². The summed E-state index contributed by atoms with van der Waals surface area (Å²) in [5.74, 6) is 2.43. The maximum Gasteiger partial charge on any atom is 0.118 e. The molecule has 0 aliphatic heterocycles. The minimum Gasteiger partial charge on any atom is -0.497 e. The van der Waals surface area contributed by atoms with Gasteiger partial charge in [-0.1, -0.05) is 18.2 Å². The van der Waals surface area contributed by atoms with E-state index in [-0.39, 0.29) is 0 Å². The molecule has 1 atom stereocenters. The molecule has 2 aromatic heterocycles. The highest BCUT2D eigenvalue weighted by Crippen LogP contribution is 2.47. The number of benzene rings is 1. The van der Waals surface area contributed by atoms with Crippen LogP contribution in [-0.4, -0.2) is 21.6 Å². The fourth-order valence-electron chi connectivity index (χ4n) is 4.95. The molecule has 5 rings (SSSR count). The van der Waals surface area contributed by atoms with E-state index in [0.29, 0.717) is 17.8 Å². The van der Waals surface area contributed by atoms with E-state index >= 15 is 0 Å². The normalized spacial score (nSPS) is 23.6. The van der Waals surface area contributed by atoms with E-state index in [9.17, 15) is 5.11 Å². The van der Waals surface area contributed by atoms with Gasteiger partial charge in [0.05, 0.1) is 36.9 Å². The summed E-state index contributed by atoms with van der Waals surface area (Å²) in [4.78, 5) is 4.32. The molecule has 0 saturated heterocycles. The number of aliphatic hydroxyl groups excluding tert-OH is 1. The molecule has 4 nitrogen and oxygen atoms in total. The molecule has 4 heteroatoms. The fourth-order valence-corrected chi connectivity index (χ4v) is 4.95. The summed E-state index contributed by atoms with van der Waals surface area (Å²) in [7, 11) is 1.71. The second-order valence-electron chi connectivity index (χ2n) is 8.47. The Morgan fingerprint density at radius 1 is 0.964 bits per heavy atom. The van der Waals surface area contributed by atoms with Crippen molar-refractivity contribution in [1.82, 2.24) is 9.38 Å². The smallest absolute Gasteiger partial charge is 0.118 e. The summed E-state index contributed by atoms with van der Waals surface area (Å²) in [6.45, 7) is 0. The van der Waals surface area contributed by atoms with Gasteiger partial charge in [-0.15, -0.1) is 0 Å². The number of methoxy groups -OCH3 is 1. The van der Waals surface area contributed by atoms with Crippen LogP contribution in [0.15, 0.2) is 48.9 Å². The lowest BCUT2D eigenvalue weighted by atomic mass is 9.75. The third-order valence-corrected chi connectivity index (χ3v) is 6.76. The second-order valence-corrected chi connectivity index (χ2v) is 8.47. The molecule has 0 bridgehead atoms. The van der Waals surface area contributed by atoms with E-state index in [2.05, 4.69) is 45.8 Å². The Bertz CT molecular complexity index is 950. The van der Waals surface area contributed by atoms with Crippen LogP contribution in [-0.2, 0) is 0 Å². The van der Waals surface area contributed by atoms with Gasteiger partial charge in [0.15, 0.2) is 0 Å². The summed E-state index contributed by atoms with van der Waals surface area (Å²) in [5, 5.41) is 11.4. The van der Waals surface area contributed by atoms with Crippen LogP contribution in [0.3, 0.4) is 0 Å². The Kier molecular flexibility index (Phi) is 4.59. The summed E-state index contributed by atoms with van der Waals surface area (Å²) >= 11 is 0. The van der Waals surface area contributed by atoms with Gasteiger partial charge < -0.3 is 14.2 Å². The lowest BCUT2D eigenvalue weighted by molar-refractivity contribution is 0.0754. The number of hydrogen-bond acceptors (Lipinski definition) is 3. The summed E-state index contributed by atoms with van der Waals surface area (Å²) < 4.78 is 7.40. The quantitative estimate of drug-likeness (QED) is 0.663. The molecular weight excluding hydrogens is 348 g/mol. The largest absolute Gasteiger partial charge is 0.497 e. The van der Waals surface area contributed by atoms with Crippen LogP contribution in [0.5, 0.6) is 5.75 Å². The van der Waals surface area contributed by atoms with Gasteiger partial charge >= 0.3 is 0 Å². The molecular formula is C24H28N2O2. The molecule has 1 aromatic carbocycles. The lowest BCUT2D eigenvalue weighted by Gasteiger charge is -2.33. The summed E-state index contributed by atoms with van der Waals surface area (Å²) in [6.07, 6.45) is 10.2. The van der Waals surface area contributed by atoms with E-state index in [4.69, 9.17) is 4.74 Å². The molecule has 2 heterocycles. The van der Waals surface area contributed by atoms with Crippen molar-refractivity contribution in [3.63, 3.8) is 0 Å². The Hall–Kier alpha value is -2.33. The van der Waals surface area contributed by atoms with Crippen molar-refractivity contribution in [1.29, 1.82) is 0 Å². The SMILES string of the molecule is COc1ccc(C2CCC([C@@H](O)c3c(C4CC4)ccc4cncn34)CC2)cc1. The highest BCUT2D eigenvalue weighted by atomic mass is 16.5. The number of aromatic nitrogens is 2. The number of hydrogen-bond donors (Lipinski definition) is 1. The standard InChI is InChI=1S/C24H28N2O2/c1-28-21-11-8-17(9-12-21)16-2-6-19(7-3-16)24(27)23-22(18-4-5-18)13-10-20-14-25-15-26(20)23/h8-16,18-19,24,27H,2-7H2,1H3/t16?,19?,24-/m1/s1. The number of fused-ring (bicyclic) bond motifs is 1. The van der Waals surface area contributed by atoms with E-state index in [1.165, 1.54) is 24.0 Å². The molecule has 0 radical (unpaired) electrons. The van der Waals surface area contributed by atoms with Crippen molar-refractivity contribution in [2.45, 2.75) is 56.5 Å². The van der Waals surface area contributed by atoms with Crippen molar-refractivity contribution in [2.24, 2.45) is 5.92 Å². The minimum atomic E-state index is -0.412. The summed E-state index contributed by atoms with van der Waals surface area (Å²) in [6, 6.07) is 12.8. The molecule has 0 spiro atoms. The number of rotatable bonds is 5. The zero-order valence-corrected chi connectivity index (χ0v) is 16.4. The first-order chi connectivity index (χ1) is 13.7. The van der Waals surface area contributed by atoms with Crippen LogP contribution >= 0.6 is 0 Å². The Morgan fingerprint density at radius 3 is 2.36 bits per heavy atom. The van der Waals surface area contributed by atoms with E-state index in [1.807, 2.05) is 12.5 Å². The number of nitrogens with zero attached hydrogens (tertiary/aromatic N) is 2. The van der Waals surface area contributed by atoms with Crippen molar-refractivity contribution in [2.75, 3.05) is 7.11 Å². The number of ether oxygens (including phenoxy) is 1. The van der Waals surface area contributed by atoms with E-state index in [1.54, 1.807) is 7.11 Å². The van der Waals surface area contributed by atoms with Gasteiger partial charge in [0.2, 0.25) is 0 Å². The van der Waals surface area contributed by atoms with Crippen LogP contribution in [0, 0.1) is 5.92 Å². The summed E-state index contributed by atoms with van der Waals surface area (Å²) in [5.41, 5.74) is 4.88. The topological polar surface area (TPSA) is 46.8 Å². The van der Waals surface area contributed by atoms with Crippen molar-refractivity contribution < 1.29 is 9.84 Å². The zero-order valence-electron chi connectivity index (χ0n) is 16.4. The molecule has 2 saturated carbocycles. The van der Waals surface area contributed by atoms with E-state index < -0.39 is 6.10 Å². The van der Waals surface area contributed by atoms with Gasteiger partial charge in [-0.3, -0.25) is 0 Å². The highest BCUT2D eigenvalue weighted by molar-refractivity contribution is 5.50. The van der Waals surface area contributed by atoms with Crippen molar-refractivity contribution in [3.8, 4) is 5.75 Å². The number of aliphatic hydroxyl groups is 1. The van der Waals surface area contributed by atoms with Crippen LogP contribution in [0.25, 0.3) is 5.52 Å². The molecule has 2 fully saturated rings. The van der Waals surface area contributed by atoms with Gasteiger partial charge in [-0.25, -0.2) is 4.98 Å². The zero-order chi connectivity index (χ0) is 19.1. The first kappa shape index (κ1) is 17.7. The van der Waals surface area contributed by atoms with Crippen LogP contribution in [0.1, 0.15) is 73.3 Å². The maximum atomic E-state index is 11.4. The molecule has 28 heavy (non-hydrogen) atoms. The predicted molar refractivity (Wildman–Crippen MR) is 110 cm³/mol. The molecule has 3 aromatic rings. The predicted octanol–water partition coefficient (Wildman–Crippen LogP) is 5.23. The molecule has 0 amide bonds. The molecule has 2 aliphatic carbocycles. The van der Waals surface area contributed by atoms with Crippen LogP contribution in [0.2, 0.25) is 0 Å². The first-order valence-corrected chi connectivity index (χ1v) is 10.5. The fraction of sp³-hybridized carbons (Fsp3) is 0.458. The van der Waals surface area contributed by atoms with Crippen molar-refractivity contribution >= 4 is 5.52 Å². The third kappa shape index (κ3) is 3.20. The monoisotopic (exact) mass is 376 g/mol. The Labute approximate surface area is 166 Å². The molecule has 0 unspecified atom stereocenters. The Morgan fingerprint density at radius 2 is 1.68 bits per heavy atom. The third-order valence-electron chi connectivity index (χ3n) is 6.76. The lowest BCUT2D eigenvalue weighted by Crippen LogP contribution is -2.22. The molecule has 1 N–H and O–H groups in total. The van der Waals surface area contributed by atoms with Crippen LogP contribution < -0.4 is 4.74 Å². The first-order valence-electron chi connectivity index (χ1n) is 10.5. The maximum absolute atomic E-state index is 11.4. The average molecular weight is 377 g/mol. The highest BCUT2D eigenvalue weighted by Gasteiger charge is 2.34. The molecule has 146 valence electrons.